The van der Waals surface area contributed by atoms with Crippen LogP contribution in [0.1, 0.15) is 38.1 Å². The van der Waals surface area contributed by atoms with Gasteiger partial charge < -0.3 is 15.4 Å². The van der Waals surface area contributed by atoms with Crippen molar-refractivity contribution in [1.29, 1.82) is 0 Å². The van der Waals surface area contributed by atoms with Crippen LogP contribution in [-0.4, -0.2) is 30.9 Å². The Kier molecular flexibility index (Phi) is 5.93. The Hall–Kier alpha value is -2.67. The fourth-order valence-electron chi connectivity index (χ4n) is 2.25. The maximum atomic E-state index is 12.3. The van der Waals surface area contributed by atoms with E-state index < -0.39 is 12.0 Å². The Labute approximate surface area is 150 Å². The van der Waals surface area contributed by atoms with E-state index >= 15 is 0 Å². The van der Waals surface area contributed by atoms with Crippen molar-refractivity contribution in [3.63, 3.8) is 0 Å². The number of thiophene rings is 1. The van der Waals surface area contributed by atoms with Crippen LogP contribution in [0.15, 0.2) is 29.6 Å². The van der Waals surface area contributed by atoms with Gasteiger partial charge in [0.05, 0.1) is 17.6 Å². The molecule has 25 heavy (non-hydrogen) atoms. The van der Waals surface area contributed by atoms with E-state index in [4.69, 9.17) is 4.74 Å². The first-order valence-electron chi connectivity index (χ1n) is 7.68. The van der Waals surface area contributed by atoms with E-state index in [-0.39, 0.29) is 11.8 Å². The smallest absolute Gasteiger partial charge is 0.338 e. The van der Waals surface area contributed by atoms with Crippen LogP contribution in [-0.2, 0) is 9.53 Å². The summed E-state index contributed by atoms with van der Waals surface area (Å²) >= 11 is 1.30. The van der Waals surface area contributed by atoms with Gasteiger partial charge in [0, 0.05) is 5.69 Å². The van der Waals surface area contributed by atoms with E-state index in [0.717, 1.165) is 11.1 Å². The standard InChI is InChI=1S/C18H20N2O4S/c1-10-8-13(9-14(11(10)2)18(23)24-4)20-16(21)12(3)19-17(22)15-6-5-7-25-15/h5-9,12H,1-4H3,(H,19,22)(H,20,21). The first kappa shape index (κ1) is 18.7. The molecule has 1 aromatic carbocycles. The Morgan fingerprint density at radius 3 is 2.52 bits per heavy atom. The number of rotatable bonds is 5. The summed E-state index contributed by atoms with van der Waals surface area (Å²) < 4.78 is 4.77. The summed E-state index contributed by atoms with van der Waals surface area (Å²) in [6.45, 7) is 5.26. The van der Waals surface area contributed by atoms with E-state index in [1.165, 1.54) is 18.4 Å². The van der Waals surface area contributed by atoms with Gasteiger partial charge >= 0.3 is 5.97 Å². The molecule has 0 aliphatic heterocycles. The SMILES string of the molecule is COC(=O)c1cc(NC(=O)C(C)NC(=O)c2cccs2)cc(C)c1C. The first-order chi connectivity index (χ1) is 11.8. The number of ether oxygens (including phenoxy) is 1. The van der Waals surface area contributed by atoms with Gasteiger partial charge in [0.25, 0.3) is 5.91 Å². The van der Waals surface area contributed by atoms with Crippen LogP contribution in [0.5, 0.6) is 0 Å². The average Bonchev–Trinajstić information content (AvgIpc) is 3.11. The lowest BCUT2D eigenvalue weighted by molar-refractivity contribution is -0.117. The molecule has 6 nitrogen and oxygen atoms in total. The molecule has 0 aliphatic carbocycles. The van der Waals surface area contributed by atoms with Gasteiger partial charge in [-0.25, -0.2) is 4.79 Å². The molecule has 1 heterocycles. The van der Waals surface area contributed by atoms with Crippen LogP contribution in [0.4, 0.5) is 5.69 Å². The third-order valence-electron chi connectivity index (χ3n) is 3.83. The van der Waals surface area contributed by atoms with Crippen molar-refractivity contribution in [2.75, 3.05) is 12.4 Å². The second-order valence-electron chi connectivity index (χ2n) is 5.62. The molecule has 0 radical (unpaired) electrons. The van der Waals surface area contributed by atoms with Crippen molar-refractivity contribution in [3.8, 4) is 0 Å². The molecule has 2 amide bonds. The number of benzene rings is 1. The highest BCUT2D eigenvalue weighted by Crippen LogP contribution is 2.21. The van der Waals surface area contributed by atoms with E-state index in [1.807, 2.05) is 13.8 Å². The number of hydrogen-bond donors (Lipinski definition) is 2. The molecular weight excluding hydrogens is 340 g/mol. The Balaban J connectivity index is 2.10. The summed E-state index contributed by atoms with van der Waals surface area (Å²) in [5.74, 6) is -1.13. The molecule has 7 heteroatoms. The summed E-state index contributed by atoms with van der Waals surface area (Å²) in [4.78, 5) is 36.7. The highest BCUT2D eigenvalue weighted by molar-refractivity contribution is 7.12. The van der Waals surface area contributed by atoms with E-state index in [1.54, 1.807) is 36.6 Å². The minimum absolute atomic E-state index is 0.298. The van der Waals surface area contributed by atoms with Crippen molar-refractivity contribution in [1.82, 2.24) is 5.32 Å². The molecule has 1 atom stereocenters. The maximum absolute atomic E-state index is 12.3. The lowest BCUT2D eigenvalue weighted by atomic mass is 10.0. The molecule has 0 aliphatic rings. The molecule has 0 saturated heterocycles. The van der Waals surface area contributed by atoms with Crippen LogP contribution < -0.4 is 10.6 Å². The van der Waals surface area contributed by atoms with E-state index in [9.17, 15) is 14.4 Å². The van der Waals surface area contributed by atoms with Crippen LogP contribution in [0.2, 0.25) is 0 Å². The zero-order chi connectivity index (χ0) is 18.6. The number of esters is 1. The lowest BCUT2D eigenvalue weighted by Gasteiger charge is -2.15. The summed E-state index contributed by atoms with van der Waals surface area (Å²) in [6.07, 6.45) is 0. The number of nitrogens with one attached hydrogen (secondary N) is 2. The maximum Gasteiger partial charge on any atom is 0.338 e. The second-order valence-corrected chi connectivity index (χ2v) is 6.57. The van der Waals surface area contributed by atoms with Gasteiger partial charge in [-0.1, -0.05) is 6.07 Å². The Morgan fingerprint density at radius 1 is 1.20 bits per heavy atom. The summed E-state index contributed by atoms with van der Waals surface area (Å²) in [5, 5.41) is 7.16. The predicted molar refractivity (Wildman–Crippen MR) is 97.1 cm³/mol. The fourth-order valence-corrected chi connectivity index (χ4v) is 2.87. The first-order valence-corrected chi connectivity index (χ1v) is 8.56. The van der Waals surface area contributed by atoms with Gasteiger partial charge in [0.2, 0.25) is 5.91 Å². The van der Waals surface area contributed by atoms with Crippen molar-refractivity contribution in [2.24, 2.45) is 0 Å². The van der Waals surface area contributed by atoms with Crippen molar-refractivity contribution in [3.05, 3.63) is 51.2 Å². The minimum atomic E-state index is -0.724. The molecule has 1 aromatic heterocycles. The number of anilines is 1. The van der Waals surface area contributed by atoms with Gasteiger partial charge in [0.15, 0.2) is 0 Å². The van der Waals surface area contributed by atoms with Gasteiger partial charge in [-0.3, -0.25) is 9.59 Å². The lowest BCUT2D eigenvalue weighted by Crippen LogP contribution is -2.41. The molecule has 0 fully saturated rings. The average molecular weight is 360 g/mol. The van der Waals surface area contributed by atoms with Crippen LogP contribution in [0, 0.1) is 13.8 Å². The molecule has 0 spiro atoms. The van der Waals surface area contributed by atoms with Crippen molar-refractivity contribution < 1.29 is 19.1 Å². The minimum Gasteiger partial charge on any atom is -0.465 e. The predicted octanol–water partition coefficient (Wildman–Crippen LogP) is 2.91. The summed E-state index contributed by atoms with van der Waals surface area (Å²) in [5.41, 5.74) is 2.52. The second kappa shape index (κ2) is 7.94. The summed E-state index contributed by atoms with van der Waals surface area (Å²) in [6, 6.07) is 6.08. The third-order valence-corrected chi connectivity index (χ3v) is 4.69. The van der Waals surface area contributed by atoms with Gasteiger partial charge in [-0.05, 0) is 55.5 Å². The molecule has 2 N–H and O–H groups in total. The van der Waals surface area contributed by atoms with Crippen LogP contribution in [0.3, 0.4) is 0 Å². The monoisotopic (exact) mass is 360 g/mol. The van der Waals surface area contributed by atoms with E-state index in [2.05, 4.69) is 10.6 Å². The number of carbonyl (C=O) groups excluding carboxylic acids is 3. The topological polar surface area (TPSA) is 84.5 Å². The van der Waals surface area contributed by atoms with E-state index in [0.29, 0.717) is 16.1 Å². The Morgan fingerprint density at radius 2 is 1.92 bits per heavy atom. The van der Waals surface area contributed by atoms with Crippen molar-refractivity contribution >= 4 is 34.8 Å². The Bertz CT molecular complexity index is 800. The quantitative estimate of drug-likeness (QED) is 0.803. The number of carbonyl (C=O) groups is 3. The zero-order valence-electron chi connectivity index (χ0n) is 14.5. The number of hydrogen-bond acceptors (Lipinski definition) is 5. The third kappa shape index (κ3) is 4.45. The molecule has 0 bridgehead atoms. The normalized spacial score (nSPS) is 11.5. The molecular formula is C18H20N2O4S. The van der Waals surface area contributed by atoms with Gasteiger partial charge in [-0.15, -0.1) is 11.3 Å². The number of amides is 2. The largest absolute Gasteiger partial charge is 0.465 e. The fraction of sp³-hybridized carbons (Fsp3) is 0.278. The number of aryl methyl sites for hydroxylation is 1. The van der Waals surface area contributed by atoms with Gasteiger partial charge in [0.1, 0.15) is 6.04 Å². The van der Waals surface area contributed by atoms with Crippen molar-refractivity contribution in [2.45, 2.75) is 26.8 Å². The highest BCUT2D eigenvalue weighted by Gasteiger charge is 2.19. The molecule has 2 aromatic rings. The zero-order valence-corrected chi connectivity index (χ0v) is 15.3. The molecule has 1 unspecified atom stereocenters. The summed E-state index contributed by atoms with van der Waals surface area (Å²) in [7, 11) is 1.31. The van der Waals surface area contributed by atoms with Crippen LogP contribution in [0.25, 0.3) is 0 Å². The number of methoxy groups -OCH3 is 1. The molecule has 0 saturated carbocycles. The molecule has 132 valence electrons. The molecule has 2 rings (SSSR count). The van der Waals surface area contributed by atoms with Crippen LogP contribution >= 0.6 is 11.3 Å². The highest BCUT2D eigenvalue weighted by atomic mass is 32.1. The van der Waals surface area contributed by atoms with Gasteiger partial charge in [-0.2, -0.15) is 0 Å².